The number of para-hydroxylation sites is 2. The number of ether oxygens (including phenoxy) is 1. The van der Waals surface area contributed by atoms with Crippen molar-refractivity contribution < 1.29 is 17.9 Å². The second-order valence-electron chi connectivity index (χ2n) is 5.76. The number of nitrogens with one attached hydrogen (secondary N) is 1. The number of sulfonamides is 1. The predicted molar refractivity (Wildman–Crippen MR) is 97.6 cm³/mol. The van der Waals surface area contributed by atoms with Crippen molar-refractivity contribution >= 4 is 33.0 Å². The van der Waals surface area contributed by atoms with Gasteiger partial charge in [-0.15, -0.1) is 11.3 Å². The maximum atomic E-state index is 12.5. The lowest BCUT2D eigenvalue weighted by atomic mass is 10.2. The molecule has 1 N–H and O–H groups in total. The molecule has 1 aromatic carbocycles. The van der Waals surface area contributed by atoms with Gasteiger partial charge in [0.25, 0.3) is 10.0 Å². The van der Waals surface area contributed by atoms with Crippen molar-refractivity contribution in [1.82, 2.24) is 4.31 Å². The summed E-state index contributed by atoms with van der Waals surface area (Å²) < 4.78 is 32.1. The fourth-order valence-corrected chi connectivity index (χ4v) is 5.77. The van der Waals surface area contributed by atoms with Gasteiger partial charge in [0.1, 0.15) is 9.96 Å². The van der Waals surface area contributed by atoms with Gasteiger partial charge >= 0.3 is 0 Å². The maximum Gasteiger partial charge on any atom is 0.252 e. The van der Waals surface area contributed by atoms with E-state index in [0.29, 0.717) is 33.6 Å². The van der Waals surface area contributed by atoms with Gasteiger partial charge in [-0.3, -0.25) is 4.79 Å². The highest BCUT2D eigenvalue weighted by atomic mass is 32.2. The number of hydrogen-bond acceptors (Lipinski definition) is 5. The Bertz CT molecular complexity index is 855. The first-order chi connectivity index (χ1) is 12.0. The summed E-state index contributed by atoms with van der Waals surface area (Å²) in [6.07, 6.45) is 1.93. The van der Waals surface area contributed by atoms with Gasteiger partial charge in [0.15, 0.2) is 0 Å². The minimum Gasteiger partial charge on any atom is -0.495 e. The van der Waals surface area contributed by atoms with Crippen LogP contribution < -0.4 is 10.1 Å². The highest BCUT2D eigenvalue weighted by molar-refractivity contribution is 7.91. The first kappa shape index (κ1) is 17.9. The van der Waals surface area contributed by atoms with E-state index in [1.54, 1.807) is 31.4 Å². The zero-order chi connectivity index (χ0) is 17.9. The van der Waals surface area contributed by atoms with Crippen molar-refractivity contribution in [2.75, 3.05) is 25.5 Å². The third-order valence-electron chi connectivity index (χ3n) is 4.01. The van der Waals surface area contributed by atoms with E-state index >= 15 is 0 Å². The Kier molecular flexibility index (Phi) is 5.41. The second kappa shape index (κ2) is 7.55. The monoisotopic (exact) mass is 380 g/mol. The summed E-state index contributed by atoms with van der Waals surface area (Å²) in [5, 5.41) is 2.80. The van der Waals surface area contributed by atoms with Crippen molar-refractivity contribution in [1.29, 1.82) is 0 Å². The Labute approximate surface area is 151 Å². The molecule has 2 heterocycles. The number of nitrogens with zero attached hydrogens (tertiary/aromatic N) is 1. The second-order valence-corrected chi connectivity index (χ2v) is 9.09. The van der Waals surface area contributed by atoms with Gasteiger partial charge < -0.3 is 10.1 Å². The molecule has 8 heteroatoms. The molecule has 0 spiro atoms. The van der Waals surface area contributed by atoms with Gasteiger partial charge in [0, 0.05) is 18.0 Å². The average Bonchev–Trinajstić information content (AvgIpc) is 3.27. The van der Waals surface area contributed by atoms with Gasteiger partial charge in [-0.2, -0.15) is 4.31 Å². The number of hydrogen-bond donors (Lipinski definition) is 1. The topological polar surface area (TPSA) is 75.7 Å². The third-order valence-corrected chi connectivity index (χ3v) is 7.46. The fourth-order valence-electron chi connectivity index (χ4n) is 2.75. The van der Waals surface area contributed by atoms with E-state index in [1.807, 2.05) is 12.1 Å². The van der Waals surface area contributed by atoms with Gasteiger partial charge in [-0.05, 0) is 37.1 Å². The lowest BCUT2D eigenvalue weighted by Crippen LogP contribution is -2.27. The summed E-state index contributed by atoms with van der Waals surface area (Å²) in [7, 11) is -1.88. The zero-order valence-electron chi connectivity index (χ0n) is 13.9. The molecule has 0 unspecified atom stereocenters. The summed E-state index contributed by atoms with van der Waals surface area (Å²) in [6.45, 7) is 1.15. The standard InChI is InChI=1S/C17H20N2O4S2/c1-23-15-7-3-2-6-14(15)18-16(20)12-13-8-9-17(24-13)25(21,22)19-10-4-5-11-19/h2-3,6-9H,4-5,10-12H2,1H3,(H,18,20). The number of amides is 1. The van der Waals surface area contributed by atoms with E-state index in [1.165, 1.54) is 4.31 Å². The molecular formula is C17H20N2O4S2. The van der Waals surface area contributed by atoms with Crippen molar-refractivity contribution in [3.63, 3.8) is 0 Å². The highest BCUT2D eigenvalue weighted by Gasteiger charge is 2.28. The van der Waals surface area contributed by atoms with E-state index in [0.717, 1.165) is 24.2 Å². The number of anilines is 1. The van der Waals surface area contributed by atoms with Crippen LogP contribution in [0.25, 0.3) is 0 Å². The summed E-state index contributed by atoms with van der Waals surface area (Å²) in [5.74, 6) is 0.371. The number of thiophene rings is 1. The molecule has 0 bridgehead atoms. The molecule has 0 atom stereocenters. The summed E-state index contributed by atoms with van der Waals surface area (Å²) in [4.78, 5) is 13.0. The van der Waals surface area contributed by atoms with Crippen molar-refractivity contribution in [3.05, 3.63) is 41.3 Å². The molecule has 2 aromatic rings. The van der Waals surface area contributed by atoms with E-state index < -0.39 is 10.0 Å². The summed E-state index contributed by atoms with van der Waals surface area (Å²) >= 11 is 1.15. The predicted octanol–water partition coefficient (Wildman–Crippen LogP) is 2.72. The quantitative estimate of drug-likeness (QED) is 0.836. The normalized spacial score (nSPS) is 15.2. The first-order valence-corrected chi connectivity index (χ1v) is 10.3. The van der Waals surface area contributed by atoms with Gasteiger partial charge in [-0.25, -0.2) is 8.42 Å². The summed E-state index contributed by atoms with van der Waals surface area (Å²) in [6, 6.07) is 10.4. The van der Waals surface area contributed by atoms with Crippen LogP contribution in [0.5, 0.6) is 5.75 Å². The van der Waals surface area contributed by atoms with Crippen LogP contribution in [-0.4, -0.2) is 38.8 Å². The highest BCUT2D eigenvalue weighted by Crippen LogP contribution is 2.28. The molecule has 0 radical (unpaired) electrons. The number of carbonyl (C=O) groups excluding carboxylic acids is 1. The molecule has 3 rings (SSSR count). The molecular weight excluding hydrogens is 360 g/mol. The SMILES string of the molecule is COc1ccccc1NC(=O)Cc1ccc(S(=O)(=O)N2CCCC2)s1. The fraction of sp³-hybridized carbons (Fsp3) is 0.353. The lowest BCUT2D eigenvalue weighted by Gasteiger charge is -2.13. The number of rotatable bonds is 6. The van der Waals surface area contributed by atoms with Crippen LogP contribution >= 0.6 is 11.3 Å². The van der Waals surface area contributed by atoms with E-state index in [9.17, 15) is 13.2 Å². The Hall–Kier alpha value is -1.90. The minimum atomic E-state index is -3.42. The molecule has 134 valence electrons. The molecule has 1 aliphatic rings. The van der Waals surface area contributed by atoms with Gasteiger partial charge in [0.2, 0.25) is 5.91 Å². The molecule has 1 saturated heterocycles. The van der Waals surface area contributed by atoms with Crippen LogP contribution in [0.2, 0.25) is 0 Å². The lowest BCUT2D eigenvalue weighted by molar-refractivity contribution is -0.115. The van der Waals surface area contributed by atoms with E-state index in [-0.39, 0.29) is 12.3 Å². The zero-order valence-corrected chi connectivity index (χ0v) is 15.5. The van der Waals surface area contributed by atoms with Crippen molar-refractivity contribution in [2.45, 2.75) is 23.5 Å². The molecule has 25 heavy (non-hydrogen) atoms. The summed E-state index contributed by atoms with van der Waals surface area (Å²) in [5.41, 5.74) is 0.594. The van der Waals surface area contributed by atoms with Gasteiger partial charge in [0.05, 0.1) is 19.2 Å². The van der Waals surface area contributed by atoms with Crippen molar-refractivity contribution in [2.24, 2.45) is 0 Å². The van der Waals surface area contributed by atoms with E-state index in [2.05, 4.69) is 5.32 Å². The third kappa shape index (κ3) is 4.02. The molecule has 1 amide bonds. The molecule has 0 aliphatic carbocycles. The smallest absolute Gasteiger partial charge is 0.252 e. The van der Waals surface area contributed by atoms with Crippen molar-refractivity contribution in [3.8, 4) is 5.75 Å². The minimum absolute atomic E-state index is 0.123. The molecule has 6 nitrogen and oxygen atoms in total. The van der Waals surface area contributed by atoms with Gasteiger partial charge in [-0.1, -0.05) is 12.1 Å². The Morgan fingerprint density at radius 1 is 1.20 bits per heavy atom. The number of benzene rings is 1. The maximum absolute atomic E-state index is 12.5. The van der Waals surface area contributed by atoms with Crippen LogP contribution in [0.1, 0.15) is 17.7 Å². The molecule has 1 aliphatic heterocycles. The number of methoxy groups -OCH3 is 1. The van der Waals surface area contributed by atoms with Crippen LogP contribution in [0.3, 0.4) is 0 Å². The van der Waals surface area contributed by atoms with Crippen LogP contribution in [-0.2, 0) is 21.2 Å². The molecule has 0 saturated carbocycles. The van der Waals surface area contributed by atoms with E-state index in [4.69, 9.17) is 4.74 Å². The molecule has 1 aromatic heterocycles. The molecule has 1 fully saturated rings. The average molecular weight is 380 g/mol. The number of carbonyl (C=O) groups is 1. The van der Waals surface area contributed by atoms with Crippen LogP contribution in [0, 0.1) is 0 Å². The van der Waals surface area contributed by atoms with Crippen LogP contribution in [0.4, 0.5) is 5.69 Å². The first-order valence-electron chi connectivity index (χ1n) is 8.02. The Morgan fingerprint density at radius 3 is 2.64 bits per heavy atom. The van der Waals surface area contributed by atoms with Crippen LogP contribution in [0.15, 0.2) is 40.6 Å². The largest absolute Gasteiger partial charge is 0.495 e. The Balaban J connectivity index is 1.68. The Morgan fingerprint density at radius 2 is 1.92 bits per heavy atom.